The van der Waals surface area contributed by atoms with E-state index in [9.17, 15) is 4.79 Å². The number of aromatic nitrogens is 3. The monoisotopic (exact) mass is 338 g/mol. The summed E-state index contributed by atoms with van der Waals surface area (Å²) >= 11 is 5.93. The third-order valence-corrected chi connectivity index (χ3v) is 4.47. The summed E-state index contributed by atoms with van der Waals surface area (Å²) in [5, 5.41) is 8.13. The van der Waals surface area contributed by atoms with Crippen LogP contribution >= 0.6 is 11.6 Å². The Labute approximate surface area is 144 Å². The zero-order valence-corrected chi connectivity index (χ0v) is 13.6. The highest BCUT2D eigenvalue weighted by molar-refractivity contribution is 6.30. The average Bonchev–Trinajstić information content (AvgIpc) is 3.00. The number of amides is 1. The first kappa shape index (κ1) is 14.9. The van der Waals surface area contributed by atoms with Crippen LogP contribution in [0.3, 0.4) is 0 Å². The van der Waals surface area contributed by atoms with Crippen molar-refractivity contribution in [2.45, 2.75) is 18.9 Å². The van der Waals surface area contributed by atoms with E-state index in [0.717, 1.165) is 22.5 Å². The molecule has 0 saturated heterocycles. The molecule has 0 unspecified atom stereocenters. The molecule has 1 aliphatic heterocycles. The first-order chi connectivity index (χ1) is 11.7. The third-order valence-electron chi connectivity index (χ3n) is 4.22. The van der Waals surface area contributed by atoms with Gasteiger partial charge >= 0.3 is 0 Å². The number of carbonyl (C=O) groups is 1. The molecule has 24 heavy (non-hydrogen) atoms. The minimum Gasteiger partial charge on any atom is -0.311 e. The molecule has 3 aromatic rings. The molecule has 3 heterocycles. The molecule has 6 heteroatoms. The zero-order valence-electron chi connectivity index (χ0n) is 12.8. The number of rotatable bonds is 3. The smallest absolute Gasteiger partial charge is 0.226 e. The summed E-state index contributed by atoms with van der Waals surface area (Å²) < 4.78 is 1.82. The molecule has 0 spiro atoms. The summed E-state index contributed by atoms with van der Waals surface area (Å²) in [4.78, 5) is 16.3. The van der Waals surface area contributed by atoms with Crippen LogP contribution in [0, 0.1) is 0 Å². The predicted octanol–water partition coefficient (Wildman–Crippen LogP) is 3.45. The molecular formula is C18H15ClN4O. The zero-order chi connectivity index (χ0) is 16.5. The van der Waals surface area contributed by atoms with Gasteiger partial charge in [0.15, 0.2) is 0 Å². The standard InChI is InChI=1S/C18H15ClN4O/c19-14-5-3-12(4-6-14)11-23-18-16(10-21-23)15(8-17(24)22-18)13-2-1-7-20-9-13/h1-7,9-10,15H,8,11H2,(H,22,24)/t15-/m1/s1. The van der Waals surface area contributed by atoms with Crippen molar-refractivity contribution in [1.29, 1.82) is 0 Å². The predicted molar refractivity (Wildman–Crippen MR) is 92.1 cm³/mol. The SMILES string of the molecule is O=C1C[C@H](c2cccnc2)c2cnn(Cc3ccc(Cl)cc3)c2N1. The molecule has 1 atom stereocenters. The number of pyridine rings is 1. The number of nitrogens with zero attached hydrogens (tertiary/aromatic N) is 3. The highest BCUT2D eigenvalue weighted by Gasteiger charge is 2.30. The second-order valence-corrected chi connectivity index (χ2v) is 6.26. The van der Waals surface area contributed by atoms with Crippen LogP contribution < -0.4 is 5.32 Å². The molecule has 120 valence electrons. The van der Waals surface area contributed by atoms with Crippen molar-refractivity contribution in [2.24, 2.45) is 0 Å². The summed E-state index contributed by atoms with van der Waals surface area (Å²) in [6.07, 6.45) is 5.79. The van der Waals surface area contributed by atoms with E-state index in [-0.39, 0.29) is 11.8 Å². The number of anilines is 1. The maximum absolute atomic E-state index is 12.2. The van der Waals surface area contributed by atoms with E-state index in [1.807, 2.05) is 53.5 Å². The summed E-state index contributed by atoms with van der Waals surface area (Å²) in [5.74, 6) is 0.741. The molecule has 0 fully saturated rings. The molecule has 5 nitrogen and oxygen atoms in total. The van der Waals surface area contributed by atoms with Crippen molar-refractivity contribution in [3.05, 3.63) is 76.7 Å². The molecule has 0 radical (unpaired) electrons. The van der Waals surface area contributed by atoms with E-state index in [0.29, 0.717) is 18.0 Å². The van der Waals surface area contributed by atoms with Gasteiger partial charge in [0.2, 0.25) is 5.91 Å². The fourth-order valence-corrected chi connectivity index (χ4v) is 3.16. The topological polar surface area (TPSA) is 59.8 Å². The number of hydrogen-bond acceptors (Lipinski definition) is 3. The molecular weight excluding hydrogens is 324 g/mol. The second-order valence-electron chi connectivity index (χ2n) is 5.82. The Bertz CT molecular complexity index is 874. The van der Waals surface area contributed by atoms with Gasteiger partial charge in [0.1, 0.15) is 5.82 Å². The van der Waals surface area contributed by atoms with E-state index >= 15 is 0 Å². The largest absolute Gasteiger partial charge is 0.311 e. The fraction of sp³-hybridized carbons (Fsp3) is 0.167. The molecule has 1 aromatic carbocycles. The van der Waals surface area contributed by atoms with Crippen LogP contribution in [0.15, 0.2) is 55.0 Å². The molecule has 1 aliphatic rings. The number of benzene rings is 1. The summed E-state index contributed by atoms with van der Waals surface area (Å²) in [5.41, 5.74) is 3.12. The van der Waals surface area contributed by atoms with Crippen molar-refractivity contribution in [2.75, 3.05) is 5.32 Å². The molecule has 0 saturated carbocycles. The lowest BCUT2D eigenvalue weighted by Gasteiger charge is -2.23. The molecule has 1 amide bonds. The summed E-state index contributed by atoms with van der Waals surface area (Å²) in [6.45, 7) is 0.576. The first-order valence-corrected chi connectivity index (χ1v) is 8.08. The lowest BCUT2D eigenvalue weighted by molar-refractivity contribution is -0.116. The van der Waals surface area contributed by atoms with Gasteiger partial charge in [-0.2, -0.15) is 5.10 Å². The van der Waals surface area contributed by atoms with E-state index in [4.69, 9.17) is 11.6 Å². The maximum atomic E-state index is 12.2. The van der Waals surface area contributed by atoms with Gasteiger partial charge < -0.3 is 5.32 Å². The van der Waals surface area contributed by atoms with Crippen LogP contribution in [-0.4, -0.2) is 20.7 Å². The Hall–Kier alpha value is -2.66. The normalized spacial score (nSPS) is 16.5. The van der Waals surface area contributed by atoms with Gasteiger partial charge in [0.05, 0.1) is 12.7 Å². The Kier molecular flexibility index (Phi) is 3.78. The van der Waals surface area contributed by atoms with Crippen LogP contribution in [0.25, 0.3) is 0 Å². The highest BCUT2D eigenvalue weighted by Crippen LogP contribution is 2.36. The molecule has 4 rings (SSSR count). The van der Waals surface area contributed by atoms with Crippen molar-refractivity contribution in [3.63, 3.8) is 0 Å². The van der Waals surface area contributed by atoms with Crippen molar-refractivity contribution >= 4 is 23.3 Å². The Morgan fingerprint density at radius 2 is 2.04 bits per heavy atom. The van der Waals surface area contributed by atoms with Crippen molar-refractivity contribution in [1.82, 2.24) is 14.8 Å². The molecule has 2 aromatic heterocycles. The van der Waals surface area contributed by atoms with Crippen LogP contribution in [-0.2, 0) is 11.3 Å². The Morgan fingerprint density at radius 1 is 1.21 bits per heavy atom. The third kappa shape index (κ3) is 2.78. The van der Waals surface area contributed by atoms with Crippen LogP contribution in [0.5, 0.6) is 0 Å². The van der Waals surface area contributed by atoms with E-state index in [1.165, 1.54) is 0 Å². The maximum Gasteiger partial charge on any atom is 0.226 e. The summed E-state index contributed by atoms with van der Waals surface area (Å²) in [6, 6.07) is 11.5. The quantitative estimate of drug-likeness (QED) is 0.795. The first-order valence-electron chi connectivity index (χ1n) is 7.70. The Morgan fingerprint density at radius 3 is 2.79 bits per heavy atom. The van der Waals surface area contributed by atoms with E-state index < -0.39 is 0 Å². The average molecular weight is 339 g/mol. The lowest BCUT2D eigenvalue weighted by atomic mass is 9.88. The van der Waals surface area contributed by atoms with Gasteiger partial charge in [-0.05, 0) is 29.3 Å². The van der Waals surface area contributed by atoms with Crippen LogP contribution in [0.1, 0.15) is 29.0 Å². The number of nitrogens with one attached hydrogen (secondary N) is 1. The molecule has 0 bridgehead atoms. The van der Waals surface area contributed by atoms with Crippen molar-refractivity contribution in [3.8, 4) is 0 Å². The Balaban J connectivity index is 1.69. The van der Waals surface area contributed by atoms with E-state index in [1.54, 1.807) is 6.20 Å². The van der Waals surface area contributed by atoms with Gasteiger partial charge in [-0.25, -0.2) is 4.68 Å². The van der Waals surface area contributed by atoms with Crippen molar-refractivity contribution < 1.29 is 4.79 Å². The molecule has 1 N–H and O–H groups in total. The van der Waals surface area contributed by atoms with Gasteiger partial charge in [-0.15, -0.1) is 0 Å². The number of halogens is 1. The number of hydrogen-bond donors (Lipinski definition) is 1. The fourth-order valence-electron chi connectivity index (χ4n) is 3.03. The minimum atomic E-state index is -0.0126. The van der Waals surface area contributed by atoms with Crippen LogP contribution in [0.4, 0.5) is 5.82 Å². The minimum absolute atomic E-state index is 0.00536. The van der Waals surface area contributed by atoms with Gasteiger partial charge in [0.25, 0.3) is 0 Å². The second kappa shape index (κ2) is 6.09. The van der Waals surface area contributed by atoms with Gasteiger partial charge in [0, 0.05) is 35.3 Å². The van der Waals surface area contributed by atoms with Crippen LogP contribution in [0.2, 0.25) is 5.02 Å². The summed E-state index contributed by atoms with van der Waals surface area (Å²) in [7, 11) is 0. The lowest BCUT2D eigenvalue weighted by Crippen LogP contribution is -2.25. The molecule has 0 aliphatic carbocycles. The van der Waals surface area contributed by atoms with E-state index in [2.05, 4.69) is 15.4 Å². The number of fused-ring (bicyclic) bond motifs is 1. The van der Waals surface area contributed by atoms with Gasteiger partial charge in [-0.3, -0.25) is 9.78 Å². The number of carbonyl (C=O) groups excluding carboxylic acids is 1. The van der Waals surface area contributed by atoms with Gasteiger partial charge in [-0.1, -0.05) is 29.8 Å². The highest BCUT2D eigenvalue weighted by atomic mass is 35.5.